The molecule has 1 heterocycles. The number of rotatable bonds is 2. The Hall–Kier alpha value is -1.23. The van der Waals surface area contributed by atoms with Crippen molar-refractivity contribution in [2.24, 2.45) is 0 Å². The number of hydrogen-bond acceptors (Lipinski definition) is 2. The minimum absolute atomic E-state index is 0.198. The first-order valence-electron chi connectivity index (χ1n) is 4.19. The SMILES string of the molecule is N#CCc1c(Br)cc(C(F)(F)F)nc1C(F)F. The van der Waals surface area contributed by atoms with Crippen molar-refractivity contribution in [1.29, 1.82) is 5.26 Å². The maximum atomic E-state index is 12.5. The first-order chi connectivity index (χ1) is 7.77. The van der Waals surface area contributed by atoms with E-state index in [0.717, 1.165) is 0 Å². The minimum Gasteiger partial charge on any atom is -0.242 e. The molecule has 1 aromatic heterocycles. The van der Waals surface area contributed by atoms with Crippen LogP contribution < -0.4 is 0 Å². The van der Waals surface area contributed by atoms with Gasteiger partial charge in [-0.1, -0.05) is 15.9 Å². The number of hydrogen-bond donors (Lipinski definition) is 0. The highest BCUT2D eigenvalue weighted by molar-refractivity contribution is 9.10. The number of nitriles is 1. The second kappa shape index (κ2) is 4.96. The lowest BCUT2D eigenvalue weighted by molar-refractivity contribution is -0.141. The van der Waals surface area contributed by atoms with Crippen molar-refractivity contribution < 1.29 is 22.0 Å². The van der Waals surface area contributed by atoms with Gasteiger partial charge in [-0.2, -0.15) is 18.4 Å². The van der Waals surface area contributed by atoms with Crippen molar-refractivity contribution in [1.82, 2.24) is 4.98 Å². The van der Waals surface area contributed by atoms with Gasteiger partial charge in [0.2, 0.25) is 0 Å². The maximum Gasteiger partial charge on any atom is 0.433 e. The largest absolute Gasteiger partial charge is 0.433 e. The summed E-state index contributed by atoms with van der Waals surface area (Å²) in [4.78, 5) is 2.87. The molecule has 1 aromatic rings. The van der Waals surface area contributed by atoms with E-state index in [2.05, 4.69) is 20.9 Å². The summed E-state index contributed by atoms with van der Waals surface area (Å²) < 4.78 is 61.9. The van der Waals surface area contributed by atoms with Crippen LogP contribution in [0.5, 0.6) is 0 Å². The lowest BCUT2D eigenvalue weighted by Crippen LogP contribution is -2.12. The van der Waals surface area contributed by atoms with E-state index < -0.39 is 30.4 Å². The van der Waals surface area contributed by atoms with Crippen LogP contribution in [0.2, 0.25) is 0 Å². The predicted molar refractivity (Wildman–Crippen MR) is 51.2 cm³/mol. The second-order valence-corrected chi connectivity index (χ2v) is 3.84. The molecule has 0 saturated heterocycles. The summed E-state index contributed by atoms with van der Waals surface area (Å²) in [6.07, 6.45) is -8.42. The highest BCUT2D eigenvalue weighted by Gasteiger charge is 2.35. The second-order valence-electron chi connectivity index (χ2n) is 2.99. The molecule has 0 saturated carbocycles. The lowest BCUT2D eigenvalue weighted by Gasteiger charge is -2.12. The van der Waals surface area contributed by atoms with Crippen molar-refractivity contribution in [3.05, 3.63) is 27.5 Å². The monoisotopic (exact) mass is 314 g/mol. The zero-order valence-electron chi connectivity index (χ0n) is 8.02. The van der Waals surface area contributed by atoms with E-state index in [1.807, 2.05) is 0 Å². The molecule has 0 radical (unpaired) electrons. The fourth-order valence-electron chi connectivity index (χ4n) is 1.14. The molecule has 0 N–H and O–H groups in total. The smallest absolute Gasteiger partial charge is 0.242 e. The first-order valence-corrected chi connectivity index (χ1v) is 4.98. The van der Waals surface area contributed by atoms with E-state index in [9.17, 15) is 22.0 Å². The van der Waals surface area contributed by atoms with Crippen molar-refractivity contribution >= 4 is 15.9 Å². The van der Waals surface area contributed by atoms with Crippen LogP contribution in [0, 0.1) is 11.3 Å². The van der Waals surface area contributed by atoms with Gasteiger partial charge < -0.3 is 0 Å². The van der Waals surface area contributed by atoms with Crippen LogP contribution in [0.15, 0.2) is 10.5 Å². The van der Waals surface area contributed by atoms with E-state index in [0.29, 0.717) is 6.07 Å². The fourth-order valence-corrected chi connectivity index (χ4v) is 1.70. The summed E-state index contributed by atoms with van der Waals surface area (Å²) in [6.45, 7) is 0. The van der Waals surface area contributed by atoms with Gasteiger partial charge in [0.05, 0.1) is 12.5 Å². The fraction of sp³-hybridized carbons (Fsp3) is 0.333. The minimum atomic E-state index is -4.81. The topological polar surface area (TPSA) is 36.7 Å². The Labute approximate surface area is 101 Å². The van der Waals surface area contributed by atoms with Crippen molar-refractivity contribution in [2.75, 3.05) is 0 Å². The molecular weight excluding hydrogens is 311 g/mol. The molecule has 1 rings (SSSR count). The van der Waals surface area contributed by atoms with Crippen LogP contribution in [-0.2, 0) is 12.6 Å². The van der Waals surface area contributed by atoms with E-state index in [4.69, 9.17) is 5.26 Å². The average Bonchev–Trinajstić information content (AvgIpc) is 2.18. The Balaban J connectivity index is 3.42. The Morgan fingerprint density at radius 2 is 2.00 bits per heavy atom. The standard InChI is InChI=1S/C9H4BrF5N2/c10-5-3-6(9(13,14)15)17-7(8(11)12)4(5)1-2-16/h3,8H,1H2. The van der Waals surface area contributed by atoms with Gasteiger partial charge in [-0.05, 0) is 6.07 Å². The third kappa shape index (κ3) is 3.12. The predicted octanol–water partition coefficient (Wildman–Crippen LogP) is 3.87. The summed E-state index contributed by atoms with van der Waals surface area (Å²) in [5.74, 6) is 0. The number of nitrogens with zero attached hydrogens (tertiary/aromatic N) is 2. The van der Waals surface area contributed by atoms with Gasteiger partial charge in [0.25, 0.3) is 6.43 Å². The Morgan fingerprint density at radius 3 is 2.41 bits per heavy atom. The van der Waals surface area contributed by atoms with Crippen LogP contribution in [0.3, 0.4) is 0 Å². The molecular formula is C9H4BrF5N2. The molecule has 0 bridgehead atoms. The van der Waals surface area contributed by atoms with Crippen LogP contribution in [0.1, 0.15) is 23.4 Å². The molecule has 92 valence electrons. The molecule has 0 aromatic carbocycles. The number of pyridine rings is 1. The normalized spacial score (nSPS) is 11.6. The Morgan fingerprint density at radius 1 is 1.41 bits per heavy atom. The van der Waals surface area contributed by atoms with Gasteiger partial charge in [0.1, 0.15) is 11.4 Å². The van der Waals surface area contributed by atoms with Crippen LogP contribution >= 0.6 is 15.9 Å². The van der Waals surface area contributed by atoms with E-state index in [1.54, 1.807) is 6.07 Å². The van der Waals surface area contributed by atoms with Crippen molar-refractivity contribution in [3.63, 3.8) is 0 Å². The zero-order chi connectivity index (χ0) is 13.2. The van der Waals surface area contributed by atoms with E-state index in [-0.39, 0.29) is 10.0 Å². The average molecular weight is 315 g/mol. The molecule has 0 amide bonds. The third-order valence-corrected chi connectivity index (χ3v) is 2.56. The first kappa shape index (κ1) is 13.8. The molecule has 0 aliphatic heterocycles. The molecule has 0 aliphatic carbocycles. The molecule has 17 heavy (non-hydrogen) atoms. The molecule has 8 heteroatoms. The quantitative estimate of drug-likeness (QED) is 0.777. The molecule has 0 unspecified atom stereocenters. The van der Waals surface area contributed by atoms with Gasteiger partial charge in [-0.3, -0.25) is 0 Å². The molecule has 0 spiro atoms. The summed E-state index contributed by atoms with van der Waals surface area (Å²) in [5, 5.41) is 8.41. The zero-order valence-corrected chi connectivity index (χ0v) is 9.61. The van der Waals surface area contributed by atoms with Crippen LogP contribution in [-0.4, -0.2) is 4.98 Å². The van der Waals surface area contributed by atoms with Gasteiger partial charge in [-0.25, -0.2) is 13.8 Å². The Kier molecular flexibility index (Phi) is 4.03. The molecule has 0 atom stereocenters. The van der Waals surface area contributed by atoms with Gasteiger partial charge in [0.15, 0.2) is 0 Å². The summed E-state index contributed by atoms with van der Waals surface area (Å²) in [7, 11) is 0. The number of alkyl halides is 5. The lowest BCUT2D eigenvalue weighted by atomic mass is 10.1. The Bertz CT molecular complexity index is 464. The number of halogens is 6. The van der Waals surface area contributed by atoms with Gasteiger partial charge >= 0.3 is 6.18 Å². The highest BCUT2D eigenvalue weighted by atomic mass is 79.9. The molecule has 0 fully saturated rings. The van der Waals surface area contributed by atoms with Crippen LogP contribution in [0.4, 0.5) is 22.0 Å². The summed E-state index contributed by atoms with van der Waals surface area (Å²) in [5.41, 5.74) is -2.66. The van der Waals surface area contributed by atoms with Crippen molar-refractivity contribution in [3.8, 4) is 6.07 Å². The summed E-state index contributed by atoms with van der Waals surface area (Å²) in [6, 6.07) is 2.18. The van der Waals surface area contributed by atoms with Crippen molar-refractivity contribution in [2.45, 2.75) is 19.0 Å². The number of aromatic nitrogens is 1. The molecule has 0 aliphatic rings. The third-order valence-electron chi connectivity index (χ3n) is 1.85. The summed E-state index contributed by atoms with van der Waals surface area (Å²) >= 11 is 2.74. The van der Waals surface area contributed by atoms with Gasteiger partial charge in [-0.15, -0.1) is 0 Å². The van der Waals surface area contributed by atoms with E-state index >= 15 is 0 Å². The highest BCUT2D eigenvalue weighted by Crippen LogP contribution is 2.34. The van der Waals surface area contributed by atoms with Crippen LogP contribution in [0.25, 0.3) is 0 Å². The van der Waals surface area contributed by atoms with Gasteiger partial charge in [0, 0.05) is 10.0 Å². The molecule has 2 nitrogen and oxygen atoms in total. The maximum absolute atomic E-state index is 12.5. The van der Waals surface area contributed by atoms with E-state index in [1.165, 1.54) is 0 Å².